The van der Waals surface area contributed by atoms with E-state index in [-0.39, 0.29) is 55.9 Å². The molecule has 0 saturated carbocycles. The number of para-hydroxylation sites is 2. The van der Waals surface area contributed by atoms with Crippen LogP contribution in [0.3, 0.4) is 0 Å². The summed E-state index contributed by atoms with van der Waals surface area (Å²) in [5.41, 5.74) is 22.4. The molecule has 80 heavy (non-hydrogen) atoms. The largest absolute Gasteiger partial charge is 0.508 e. The van der Waals surface area contributed by atoms with Gasteiger partial charge in [0, 0.05) is 65.0 Å². The molecule has 1 aliphatic rings. The highest BCUT2D eigenvalue weighted by Crippen LogP contribution is 2.25. The molecule has 0 spiro atoms. The van der Waals surface area contributed by atoms with Crippen molar-refractivity contribution < 1.29 is 43.5 Å². The Hall–Kier alpha value is -7.86. The molecule has 1 aliphatic heterocycles. The smallest absolute Gasteiger partial charge is 0.244 e. The van der Waals surface area contributed by atoms with E-state index >= 15 is 0 Å². The van der Waals surface area contributed by atoms with Gasteiger partial charge in [-0.25, -0.2) is 0 Å². The first-order valence-corrected chi connectivity index (χ1v) is 29.0. The molecule has 1 fully saturated rings. The zero-order valence-corrected chi connectivity index (χ0v) is 46.1. The molecular formula is C57H70N12O9S2. The summed E-state index contributed by atoms with van der Waals surface area (Å²) >= 11 is 0. The summed E-state index contributed by atoms with van der Waals surface area (Å²) in [5.74, 6) is -7.07. The Bertz CT molecular complexity index is 3120. The average molecular weight is 1130 g/mol. The Kier molecular flexibility index (Phi) is 21.6. The minimum Gasteiger partial charge on any atom is -0.508 e. The van der Waals surface area contributed by atoms with Crippen molar-refractivity contribution in [3.8, 4) is 5.75 Å². The van der Waals surface area contributed by atoms with E-state index in [2.05, 4.69) is 47.2 Å². The molecule has 8 atom stereocenters. The van der Waals surface area contributed by atoms with E-state index in [0.29, 0.717) is 29.5 Å². The fraction of sp³-hybridized carbons (Fsp3) is 0.368. The SMILES string of the molecule is CC(C)[C@@H]1NC(=O)C(CCCCN)NC(=O)C(Cc2c[nH]c3ccccc23)NC(=O)[C@H](Cc2ccc(O)cc2)NC(=O)C(NC(=O)[C@H](N)Cc2ccccc2)CSSC[C@@H](C(=O)N[C@@H](Cc2c[nH]c3ccccc23)C(N)=O)NC1=O. The molecule has 0 radical (unpaired) electrons. The van der Waals surface area contributed by atoms with Gasteiger partial charge in [0.2, 0.25) is 47.3 Å². The van der Waals surface area contributed by atoms with Gasteiger partial charge >= 0.3 is 0 Å². The Balaban J connectivity index is 1.25. The maximum atomic E-state index is 14.9. The topological polar surface area (TPSA) is 351 Å². The number of aromatic nitrogens is 2. The number of primary amides is 1. The summed E-state index contributed by atoms with van der Waals surface area (Å²) in [5, 5.41) is 31.3. The molecule has 1 saturated heterocycles. The highest BCUT2D eigenvalue weighted by atomic mass is 33.1. The molecule has 21 nitrogen and oxygen atoms in total. The number of fused-ring (bicyclic) bond motifs is 2. The average Bonchev–Trinajstić information content (AvgIpc) is 4.06. The van der Waals surface area contributed by atoms with Crippen molar-refractivity contribution in [1.82, 2.24) is 47.2 Å². The van der Waals surface area contributed by atoms with E-state index < -0.39 is 102 Å². The summed E-state index contributed by atoms with van der Waals surface area (Å²) in [6.45, 7) is 3.68. The van der Waals surface area contributed by atoms with Gasteiger partial charge in [0.05, 0.1) is 6.04 Å². The van der Waals surface area contributed by atoms with Crippen molar-refractivity contribution in [3.63, 3.8) is 0 Å². The van der Waals surface area contributed by atoms with Gasteiger partial charge in [-0.05, 0) is 84.7 Å². The molecule has 16 N–H and O–H groups in total. The maximum absolute atomic E-state index is 14.9. The van der Waals surface area contributed by atoms with Crippen LogP contribution in [0, 0.1) is 5.92 Å². The Labute approximate surface area is 471 Å². The van der Waals surface area contributed by atoms with Crippen LogP contribution in [0.1, 0.15) is 55.4 Å². The summed E-state index contributed by atoms with van der Waals surface area (Å²) in [4.78, 5) is 121. The molecule has 3 unspecified atom stereocenters. The lowest BCUT2D eigenvalue weighted by molar-refractivity contribution is -0.136. The fourth-order valence-electron chi connectivity index (χ4n) is 9.29. The molecule has 8 amide bonds. The number of phenols is 1. The number of benzene rings is 4. The number of amides is 8. The lowest BCUT2D eigenvalue weighted by Gasteiger charge is -2.29. The number of aromatic amines is 2. The number of carbonyl (C=O) groups is 8. The molecule has 7 rings (SSSR count). The standard InChI is InChI=1S/C57H70N12O9S2/c1-32(2)49-57(78)68-48(55(76)64-44(50(60)71)26-35-28-61-41-16-8-6-14-38(35)41)31-80-79-30-47(67-51(72)40(59)24-33-12-4-3-5-13-33)56(77)65-45(25-34-19-21-37(70)22-20-34)53(74)66-46(27-36-29-62-42-17-9-7-15-39(36)42)54(75)63-43(52(73)69-49)18-10-11-23-58/h3-9,12-17,19-22,28-29,32,40,43-49,61-62,70H,10-11,18,23-27,30-31,58-59H2,1-2H3,(H2,60,71)(H,63,75)(H,64,76)(H,65,77)(H,66,74)(H,67,72)(H,68,78)(H,69,73)/t40-,43?,44+,45+,46?,47?,48+,49+/m1/s1. The lowest BCUT2D eigenvalue weighted by Crippen LogP contribution is -2.61. The summed E-state index contributed by atoms with van der Waals surface area (Å²) in [6, 6.07) is 19.5. The van der Waals surface area contributed by atoms with Crippen LogP contribution >= 0.6 is 21.6 Å². The lowest BCUT2D eigenvalue weighted by atomic mass is 10.00. The summed E-state index contributed by atoms with van der Waals surface area (Å²) in [6.07, 6.45) is 4.31. The third kappa shape index (κ3) is 16.6. The highest BCUT2D eigenvalue weighted by molar-refractivity contribution is 8.76. The van der Waals surface area contributed by atoms with Gasteiger partial charge in [0.25, 0.3) is 0 Å². The number of phenolic OH excluding ortho intramolecular Hbond substituents is 1. The second-order valence-corrected chi connectivity index (χ2v) is 22.7. The summed E-state index contributed by atoms with van der Waals surface area (Å²) in [7, 11) is 2.13. The van der Waals surface area contributed by atoms with Gasteiger partial charge in [0.15, 0.2) is 0 Å². The van der Waals surface area contributed by atoms with Crippen LogP contribution in [0.25, 0.3) is 21.8 Å². The van der Waals surface area contributed by atoms with Crippen LogP contribution in [-0.4, -0.2) is 129 Å². The number of H-pyrrole nitrogens is 2. The van der Waals surface area contributed by atoms with Crippen molar-refractivity contribution in [2.45, 2.75) is 107 Å². The number of rotatable bonds is 18. The fourth-order valence-corrected chi connectivity index (χ4v) is 11.6. The third-order valence-corrected chi connectivity index (χ3v) is 16.2. The minimum absolute atomic E-state index is 0.00683. The number of carbonyl (C=O) groups excluding carboxylic acids is 8. The van der Waals surface area contributed by atoms with Crippen molar-refractivity contribution >= 4 is 90.7 Å². The van der Waals surface area contributed by atoms with E-state index in [4.69, 9.17) is 17.2 Å². The van der Waals surface area contributed by atoms with E-state index in [1.54, 1.807) is 50.5 Å². The number of aromatic hydroxyl groups is 1. The normalized spacial score (nSPS) is 20.8. The first-order chi connectivity index (χ1) is 38.5. The molecule has 0 bridgehead atoms. The first kappa shape index (κ1) is 59.8. The Morgan fingerprint density at radius 3 is 1.86 bits per heavy atom. The van der Waals surface area contributed by atoms with Gasteiger partial charge in [-0.2, -0.15) is 0 Å². The van der Waals surface area contributed by atoms with E-state index in [9.17, 15) is 43.5 Å². The quantitative estimate of drug-likeness (QED) is 0.0433. The Morgan fingerprint density at radius 2 is 1.21 bits per heavy atom. The molecule has 6 aromatic rings. The van der Waals surface area contributed by atoms with Crippen LogP contribution in [0.5, 0.6) is 5.75 Å². The van der Waals surface area contributed by atoms with Crippen LogP contribution < -0.4 is 54.4 Å². The van der Waals surface area contributed by atoms with Gasteiger partial charge in [-0.15, -0.1) is 0 Å². The predicted molar refractivity (Wildman–Crippen MR) is 309 cm³/mol. The van der Waals surface area contributed by atoms with Crippen LogP contribution in [0.15, 0.2) is 116 Å². The van der Waals surface area contributed by atoms with Gasteiger partial charge in [-0.3, -0.25) is 38.4 Å². The van der Waals surface area contributed by atoms with Crippen molar-refractivity contribution in [2.75, 3.05) is 18.1 Å². The van der Waals surface area contributed by atoms with E-state index in [0.717, 1.165) is 49.0 Å². The maximum Gasteiger partial charge on any atom is 0.244 e. The van der Waals surface area contributed by atoms with Crippen LogP contribution in [0.4, 0.5) is 0 Å². The zero-order chi connectivity index (χ0) is 57.3. The molecule has 424 valence electrons. The second-order valence-electron chi connectivity index (χ2n) is 20.1. The number of nitrogens with two attached hydrogens (primary N) is 3. The zero-order valence-electron chi connectivity index (χ0n) is 44.5. The number of unbranched alkanes of at least 4 members (excludes halogenated alkanes) is 1. The molecule has 23 heteroatoms. The van der Waals surface area contributed by atoms with Crippen LogP contribution in [-0.2, 0) is 64.0 Å². The predicted octanol–water partition coefficient (Wildman–Crippen LogP) is 2.01. The van der Waals surface area contributed by atoms with Crippen molar-refractivity contribution in [3.05, 3.63) is 138 Å². The monoisotopic (exact) mass is 1130 g/mol. The highest BCUT2D eigenvalue weighted by Gasteiger charge is 2.36. The molecule has 0 aliphatic carbocycles. The first-order valence-electron chi connectivity index (χ1n) is 26.5. The van der Waals surface area contributed by atoms with Crippen molar-refractivity contribution in [1.29, 1.82) is 0 Å². The molecule has 2 aromatic heterocycles. The number of hydrogen-bond donors (Lipinski definition) is 13. The van der Waals surface area contributed by atoms with Crippen molar-refractivity contribution in [2.24, 2.45) is 23.1 Å². The van der Waals surface area contributed by atoms with E-state index in [1.165, 1.54) is 12.1 Å². The minimum atomic E-state index is -1.40. The van der Waals surface area contributed by atoms with Gasteiger partial charge in [0.1, 0.15) is 48.0 Å². The van der Waals surface area contributed by atoms with Crippen LogP contribution in [0.2, 0.25) is 0 Å². The number of nitrogens with one attached hydrogen (secondary N) is 9. The molecule has 3 heterocycles. The second kappa shape index (κ2) is 28.9. The van der Waals surface area contributed by atoms with E-state index in [1.807, 2.05) is 66.7 Å². The van der Waals surface area contributed by atoms with Gasteiger partial charge in [-0.1, -0.05) is 114 Å². The number of hydrogen-bond acceptors (Lipinski definition) is 13. The third-order valence-electron chi connectivity index (χ3n) is 13.8. The van der Waals surface area contributed by atoms with Gasteiger partial charge < -0.3 is 69.5 Å². The Morgan fingerprint density at radius 1 is 0.637 bits per heavy atom. The molecular weight excluding hydrogens is 1060 g/mol. The summed E-state index contributed by atoms with van der Waals surface area (Å²) < 4.78 is 0. The molecule has 4 aromatic carbocycles.